The number of carboxylic acid groups (broad SMARTS) is 1. The van der Waals surface area contributed by atoms with Crippen LogP contribution in [0.3, 0.4) is 0 Å². The molecule has 10 heteroatoms. The summed E-state index contributed by atoms with van der Waals surface area (Å²) in [6, 6.07) is 11.9. The molecule has 3 amide bonds. The van der Waals surface area contributed by atoms with Crippen molar-refractivity contribution in [3.8, 4) is 0 Å². The zero-order valence-electron chi connectivity index (χ0n) is 24.5. The van der Waals surface area contributed by atoms with Gasteiger partial charge < -0.3 is 21.3 Å². The maximum absolute atomic E-state index is 14.0. The minimum atomic E-state index is -1.79. The fraction of sp³-hybridized carbons (Fsp3) is 0.469. The summed E-state index contributed by atoms with van der Waals surface area (Å²) >= 11 is 0. The van der Waals surface area contributed by atoms with Gasteiger partial charge in [-0.05, 0) is 37.3 Å². The molecule has 0 aromatic heterocycles. The van der Waals surface area contributed by atoms with Gasteiger partial charge in [0.1, 0.15) is 17.7 Å². The minimum absolute atomic E-state index is 0.0178. The molecule has 2 aromatic rings. The third-order valence-corrected chi connectivity index (χ3v) is 7.66. The maximum atomic E-state index is 14.0. The summed E-state index contributed by atoms with van der Waals surface area (Å²) in [6.45, 7) is 5.40. The van der Waals surface area contributed by atoms with Crippen LogP contribution >= 0.6 is 0 Å². The molecule has 5 atom stereocenters. The number of benzene rings is 2. The number of carbonyl (C=O) groups is 4. The number of aliphatic carboxylic acids is 1. The third kappa shape index (κ3) is 8.33. The van der Waals surface area contributed by atoms with Crippen LogP contribution in [0.5, 0.6) is 0 Å². The van der Waals surface area contributed by atoms with E-state index in [1.54, 1.807) is 24.3 Å². The Morgan fingerprint density at radius 3 is 2.36 bits per heavy atom. The number of hydrogen-bond acceptors (Lipinski definition) is 7. The molecule has 226 valence electrons. The lowest BCUT2D eigenvalue weighted by atomic mass is 9.87. The molecule has 3 rings (SSSR count). The van der Waals surface area contributed by atoms with Crippen LogP contribution in [0.15, 0.2) is 59.6 Å². The van der Waals surface area contributed by atoms with Gasteiger partial charge in [-0.3, -0.25) is 29.1 Å². The van der Waals surface area contributed by atoms with Gasteiger partial charge in [-0.25, -0.2) is 0 Å². The number of amides is 3. The van der Waals surface area contributed by atoms with Crippen LogP contribution in [0.1, 0.15) is 70.4 Å². The smallest absolute Gasteiger partial charge is 0.325 e. The number of rotatable bonds is 15. The van der Waals surface area contributed by atoms with Crippen molar-refractivity contribution in [2.24, 2.45) is 16.6 Å². The summed E-state index contributed by atoms with van der Waals surface area (Å²) in [5.74, 6) is -3.35. The predicted molar refractivity (Wildman–Crippen MR) is 160 cm³/mol. The Kier molecular flexibility index (Phi) is 11.5. The van der Waals surface area contributed by atoms with Crippen LogP contribution in [0.25, 0.3) is 0 Å². The molecule has 0 unspecified atom stereocenters. The second kappa shape index (κ2) is 14.8. The third-order valence-electron chi connectivity index (χ3n) is 7.66. The van der Waals surface area contributed by atoms with E-state index in [0.717, 1.165) is 29.7 Å². The molecule has 0 aliphatic carbocycles. The molecule has 1 heterocycles. The Balaban J connectivity index is 2.00. The second-order valence-corrected chi connectivity index (χ2v) is 11.2. The number of nitrogens with zero attached hydrogens (tertiary/aromatic N) is 2. The molecule has 0 saturated heterocycles. The number of fused-ring (bicyclic) bond motifs is 1. The average molecular weight is 579 g/mol. The van der Waals surface area contributed by atoms with Gasteiger partial charge in [0.25, 0.3) is 0 Å². The number of hydrogen-bond donors (Lipinski definition) is 4. The first-order valence-electron chi connectivity index (χ1n) is 14.5. The van der Waals surface area contributed by atoms with E-state index >= 15 is 0 Å². The van der Waals surface area contributed by atoms with Crippen molar-refractivity contribution in [1.29, 1.82) is 0 Å². The molecule has 10 nitrogen and oxygen atoms in total. The van der Waals surface area contributed by atoms with Crippen LogP contribution in [0.4, 0.5) is 5.69 Å². The van der Waals surface area contributed by atoms with Gasteiger partial charge in [-0.1, -0.05) is 81.6 Å². The van der Waals surface area contributed by atoms with Crippen molar-refractivity contribution < 1.29 is 29.4 Å². The van der Waals surface area contributed by atoms with Gasteiger partial charge in [0.2, 0.25) is 17.7 Å². The Labute approximate surface area is 247 Å². The maximum Gasteiger partial charge on any atom is 0.325 e. The topological polar surface area (TPSA) is 162 Å². The van der Waals surface area contributed by atoms with E-state index in [2.05, 4.69) is 17.2 Å². The Hall–Kier alpha value is -3.89. The largest absolute Gasteiger partial charge is 0.480 e. The second-order valence-electron chi connectivity index (χ2n) is 11.2. The number of para-hydroxylation sites is 1. The van der Waals surface area contributed by atoms with E-state index in [9.17, 15) is 29.4 Å². The highest BCUT2D eigenvalue weighted by Crippen LogP contribution is 2.39. The number of nitrogens with one attached hydrogen (secondary N) is 1. The summed E-state index contributed by atoms with van der Waals surface area (Å²) in [6.07, 6.45) is 4.38. The summed E-state index contributed by atoms with van der Waals surface area (Å²) in [5, 5.41) is 23.5. The van der Waals surface area contributed by atoms with E-state index in [-0.39, 0.29) is 18.8 Å². The van der Waals surface area contributed by atoms with Crippen LogP contribution in [0.2, 0.25) is 0 Å². The molecule has 0 spiro atoms. The Bertz CT molecular complexity index is 1280. The fourth-order valence-corrected chi connectivity index (χ4v) is 5.10. The van der Waals surface area contributed by atoms with E-state index in [0.29, 0.717) is 17.7 Å². The number of carboxylic acids is 1. The van der Waals surface area contributed by atoms with E-state index in [4.69, 9.17) is 5.73 Å². The highest BCUT2D eigenvalue weighted by Gasteiger charge is 2.45. The number of aliphatic imine (C=N–C) groups is 1. The first-order chi connectivity index (χ1) is 20.0. The van der Waals surface area contributed by atoms with E-state index in [1.165, 1.54) is 13.1 Å². The molecular formula is C32H42N4O6. The molecule has 0 radical (unpaired) electrons. The van der Waals surface area contributed by atoms with Crippen molar-refractivity contribution in [2.45, 2.75) is 89.4 Å². The molecule has 1 aliphatic rings. The Morgan fingerprint density at radius 2 is 1.69 bits per heavy atom. The van der Waals surface area contributed by atoms with Crippen LogP contribution < -0.4 is 11.1 Å². The Morgan fingerprint density at radius 1 is 1.02 bits per heavy atom. The summed E-state index contributed by atoms with van der Waals surface area (Å²) < 4.78 is 0. The lowest BCUT2D eigenvalue weighted by Gasteiger charge is -2.35. The highest BCUT2D eigenvalue weighted by molar-refractivity contribution is 6.03. The summed E-state index contributed by atoms with van der Waals surface area (Å²) in [4.78, 5) is 58.2. The number of aliphatic hydroxyl groups is 1. The molecule has 0 fully saturated rings. The average Bonchev–Trinajstić information content (AvgIpc) is 3.31. The number of imide groups is 1. The van der Waals surface area contributed by atoms with Crippen LogP contribution in [0, 0.1) is 5.92 Å². The van der Waals surface area contributed by atoms with Gasteiger partial charge in [0.05, 0.1) is 11.7 Å². The molecule has 2 aromatic carbocycles. The monoisotopic (exact) mass is 578 g/mol. The van der Waals surface area contributed by atoms with E-state index < -0.39 is 53.8 Å². The minimum Gasteiger partial charge on any atom is -0.480 e. The molecule has 42 heavy (non-hydrogen) atoms. The van der Waals surface area contributed by atoms with Crippen molar-refractivity contribution in [3.05, 3.63) is 65.7 Å². The number of carbonyl (C=O) groups excluding carboxylic acids is 3. The summed E-state index contributed by atoms with van der Waals surface area (Å²) in [5.41, 5.74) is 6.25. The lowest BCUT2D eigenvalue weighted by Crippen LogP contribution is -2.60. The zero-order valence-corrected chi connectivity index (χ0v) is 24.5. The van der Waals surface area contributed by atoms with Gasteiger partial charge in [0.15, 0.2) is 0 Å². The van der Waals surface area contributed by atoms with Crippen LogP contribution in [-0.2, 0) is 31.2 Å². The fourth-order valence-electron chi connectivity index (χ4n) is 5.10. The predicted octanol–water partition coefficient (Wildman–Crippen LogP) is 3.47. The quantitative estimate of drug-likeness (QED) is 0.251. The van der Waals surface area contributed by atoms with E-state index in [1.807, 2.05) is 37.3 Å². The highest BCUT2D eigenvalue weighted by atomic mass is 16.4. The van der Waals surface area contributed by atoms with Gasteiger partial charge >= 0.3 is 5.97 Å². The van der Waals surface area contributed by atoms with Gasteiger partial charge in [0, 0.05) is 24.6 Å². The lowest BCUT2D eigenvalue weighted by molar-refractivity contribution is -0.155. The number of nitrogens with two attached hydrogens (primary N) is 1. The standard InChI is InChI=1S/C32H42N4O6/c1-4-5-11-21(2)16-17-28(37)36(30(39)25(33)18-23-12-7-6-8-13-23)27(29(38)35-22(3)31(40)41)19-32(42)20-34-26-15-10-9-14-24(26)32/h6-10,12-15,20-22,25,27,42H,4-5,11,16-19,33H2,1-3H3,(H,35,38)(H,40,41)/t21-,22-,25+,27-,32+/m0/s1. The first kappa shape index (κ1) is 32.6. The van der Waals surface area contributed by atoms with Crippen molar-refractivity contribution in [1.82, 2.24) is 10.2 Å². The molecule has 0 saturated carbocycles. The molecule has 5 N–H and O–H groups in total. The van der Waals surface area contributed by atoms with Crippen molar-refractivity contribution in [2.75, 3.05) is 0 Å². The van der Waals surface area contributed by atoms with Crippen LogP contribution in [-0.4, -0.2) is 63.1 Å². The van der Waals surface area contributed by atoms with Gasteiger partial charge in [-0.2, -0.15) is 0 Å². The van der Waals surface area contributed by atoms with Gasteiger partial charge in [-0.15, -0.1) is 0 Å². The summed E-state index contributed by atoms with van der Waals surface area (Å²) in [7, 11) is 0. The molecular weight excluding hydrogens is 536 g/mol. The van der Waals surface area contributed by atoms with Crippen molar-refractivity contribution in [3.63, 3.8) is 0 Å². The zero-order chi connectivity index (χ0) is 30.9. The normalized spacial score (nSPS) is 18.4. The number of unbranched alkanes of at least 4 members (excludes halogenated alkanes) is 1. The first-order valence-corrected chi connectivity index (χ1v) is 14.5. The molecule has 1 aliphatic heterocycles. The van der Waals surface area contributed by atoms with Crippen molar-refractivity contribution >= 4 is 35.6 Å². The SMILES string of the molecule is CCCC[C@H](C)CCC(=O)N(C(=O)[C@H](N)Cc1ccccc1)[C@@H](C[C@@]1(O)C=Nc2ccccc21)C(=O)N[C@@H](C)C(=O)O. The molecule has 0 bridgehead atoms.